The molecule has 0 saturated carbocycles. The van der Waals surface area contributed by atoms with E-state index in [1.807, 2.05) is 0 Å². The lowest BCUT2D eigenvalue weighted by Gasteiger charge is -2.10. The number of rotatable bonds is 3. The summed E-state index contributed by atoms with van der Waals surface area (Å²) < 4.78 is 29.2. The van der Waals surface area contributed by atoms with Gasteiger partial charge in [0.1, 0.15) is 11.6 Å². The average molecular weight is 328 g/mol. The Morgan fingerprint density at radius 1 is 0.958 bits per heavy atom. The molecule has 0 atom stereocenters. The normalized spacial score (nSPS) is 10.8. The summed E-state index contributed by atoms with van der Waals surface area (Å²) in [5.41, 5.74) is -0.264. The molecule has 0 saturated heterocycles. The fourth-order valence-electron chi connectivity index (χ4n) is 2.40. The summed E-state index contributed by atoms with van der Waals surface area (Å²) in [5.74, 6) is -0.868. The van der Waals surface area contributed by atoms with Gasteiger partial charge in [0.05, 0.1) is 12.2 Å². The molecule has 1 aromatic heterocycles. The van der Waals surface area contributed by atoms with Crippen molar-refractivity contribution in [3.63, 3.8) is 0 Å². The largest absolute Gasteiger partial charge is 0.320 e. The Bertz CT molecular complexity index is 1020. The second kappa shape index (κ2) is 6.23. The molecule has 0 fully saturated rings. The summed E-state index contributed by atoms with van der Waals surface area (Å²) in [4.78, 5) is 24.5. The van der Waals surface area contributed by atoms with Crippen LogP contribution in [-0.2, 0) is 6.54 Å². The number of hydrogen-bond donors (Lipinski definition) is 0. The molecule has 3 aromatic rings. The zero-order valence-corrected chi connectivity index (χ0v) is 12.9. The molecule has 0 amide bonds. The monoisotopic (exact) mass is 328 g/mol. The Hall–Kier alpha value is -3.02. The van der Waals surface area contributed by atoms with Gasteiger partial charge in [0.15, 0.2) is 0 Å². The number of benzene rings is 2. The number of aryl methyl sites for hydroxylation is 1. The van der Waals surface area contributed by atoms with E-state index < -0.39 is 22.8 Å². The van der Waals surface area contributed by atoms with Gasteiger partial charge in [0.25, 0.3) is 0 Å². The first-order valence-electron chi connectivity index (χ1n) is 7.29. The lowest BCUT2D eigenvalue weighted by atomic mass is 10.2. The van der Waals surface area contributed by atoms with E-state index >= 15 is 0 Å². The fraction of sp³-hybridized carbons (Fsp3) is 0.111. The van der Waals surface area contributed by atoms with E-state index in [1.165, 1.54) is 47.3 Å². The van der Waals surface area contributed by atoms with Crippen LogP contribution in [0.4, 0.5) is 8.78 Å². The van der Waals surface area contributed by atoms with Gasteiger partial charge < -0.3 is 4.57 Å². The van der Waals surface area contributed by atoms with Crippen molar-refractivity contribution in [2.45, 2.75) is 13.5 Å². The molecule has 0 aliphatic rings. The topological polar surface area (TPSA) is 44.0 Å². The van der Waals surface area contributed by atoms with Crippen molar-refractivity contribution in [2.24, 2.45) is 0 Å². The Balaban J connectivity index is 2.01. The zero-order chi connectivity index (χ0) is 17.3. The van der Waals surface area contributed by atoms with Crippen LogP contribution in [0.2, 0.25) is 0 Å². The Morgan fingerprint density at radius 3 is 2.46 bits per heavy atom. The van der Waals surface area contributed by atoms with Crippen molar-refractivity contribution < 1.29 is 8.78 Å². The van der Waals surface area contributed by atoms with Crippen LogP contribution in [0.5, 0.6) is 0 Å². The van der Waals surface area contributed by atoms with E-state index in [0.29, 0.717) is 11.1 Å². The molecule has 4 nitrogen and oxygen atoms in total. The Kier molecular flexibility index (Phi) is 4.12. The molecule has 24 heavy (non-hydrogen) atoms. The summed E-state index contributed by atoms with van der Waals surface area (Å²) in [5, 5.41) is 0. The Morgan fingerprint density at radius 2 is 1.75 bits per heavy atom. The van der Waals surface area contributed by atoms with Gasteiger partial charge >= 0.3 is 11.1 Å². The first-order chi connectivity index (χ1) is 11.5. The van der Waals surface area contributed by atoms with Crippen molar-refractivity contribution in [3.05, 3.63) is 98.3 Å². The van der Waals surface area contributed by atoms with E-state index in [4.69, 9.17) is 0 Å². The number of aromatic nitrogens is 2. The van der Waals surface area contributed by atoms with Crippen molar-refractivity contribution in [1.29, 1.82) is 0 Å². The maximum atomic E-state index is 13.7. The van der Waals surface area contributed by atoms with Gasteiger partial charge in [-0.05, 0) is 42.3 Å². The van der Waals surface area contributed by atoms with Crippen LogP contribution in [0.1, 0.15) is 11.1 Å². The van der Waals surface area contributed by atoms with Crippen LogP contribution in [0.15, 0.2) is 64.4 Å². The van der Waals surface area contributed by atoms with E-state index in [1.54, 1.807) is 19.1 Å². The molecule has 122 valence electrons. The standard InChI is InChI=1S/C18H14F2N2O2/c1-12-5-6-15(10-16(12)20)22-8-7-21(17(23)18(22)24)11-13-3-2-4-14(19)9-13/h2-10H,11H2,1H3. The van der Waals surface area contributed by atoms with E-state index in [-0.39, 0.29) is 12.2 Å². The maximum Gasteiger partial charge on any atom is 0.320 e. The van der Waals surface area contributed by atoms with Gasteiger partial charge in [-0.1, -0.05) is 18.2 Å². The quantitative estimate of drug-likeness (QED) is 0.694. The number of halogens is 2. The minimum atomic E-state index is -0.794. The third-order valence-corrected chi connectivity index (χ3v) is 3.73. The third kappa shape index (κ3) is 3.03. The van der Waals surface area contributed by atoms with Crippen molar-refractivity contribution in [1.82, 2.24) is 9.13 Å². The second-order valence-electron chi connectivity index (χ2n) is 5.47. The molecule has 0 radical (unpaired) electrons. The van der Waals surface area contributed by atoms with Crippen LogP contribution in [-0.4, -0.2) is 9.13 Å². The molecule has 0 aliphatic heterocycles. The molecule has 0 unspecified atom stereocenters. The summed E-state index contributed by atoms with van der Waals surface area (Å²) in [6.45, 7) is 1.69. The summed E-state index contributed by atoms with van der Waals surface area (Å²) in [6.07, 6.45) is 2.82. The highest BCUT2D eigenvalue weighted by molar-refractivity contribution is 5.35. The minimum absolute atomic E-state index is 0.0783. The first kappa shape index (κ1) is 15.9. The molecule has 0 spiro atoms. The van der Waals surface area contributed by atoms with Gasteiger partial charge in [0.2, 0.25) is 0 Å². The van der Waals surface area contributed by atoms with Gasteiger partial charge in [-0.25, -0.2) is 8.78 Å². The smallest absolute Gasteiger partial charge is 0.305 e. The Labute approximate surface area is 136 Å². The lowest BCUT2D eigenvalue weighted by Crippen LogP contribution is -2.40. The van der Waals surface area contributed by atoms with Crippen molar-refractivity contribution in [2.75, 3.05) is 0 Å². The van der Waals surface area contributed by atoms with E-state index in [2.05, 4.69) is 0 Å². The van der Waals surface area contributed by atoms with Gasteiger partial charge in [-0.3, -0.25) is 14.2 Å². The molecule has 2 aromatic carbocycles. The van der Waals surface area contributed by atoms with Crippen LogP contribution >= 0.6 is 0 Å². The number of hydrogen-bond acceptors (Lipinski definition) is 2. The van der Waals surface area contributed by atoms with E-state index in [0.717, 1.165) is 4.57 Å². The summed E-state index contributed by atoms with van der Waals surface area (Å²) in [7, 11) is 0. The molecular weight excluding hydrogens is 314 g/mol. The molecule has 0 aliphatic carbocycles. The number of nitrogens with zero attached hydrogens (tertiary/aromatic N) is 2. The highest BCUT2D eigenvalue weighted by Crippen LogP contribution is 2.11. The third-order valence-electron chi connectivity index (χ3n) is 3.73. The van der Waals surface area contributed by atoms with Crippen LogP contribution in [0.3, 0.4) is 0 Å². The molecular formula is C18H14F2N2O2. The zero-order valence-electron chi connectivity index (χ0n) is 12.9. The lowest BCUT2D eigenvalue weighted by molar-refractivity contribution is 0.616. The second-order valence-corrected chi connectivity index (χ2v) is 5.47. The van der Waals surface area contributed by atoms with Gasteiger partial charge in [-0.2, -0.15) is 0 Å². The molecule has 3 rings (SSSR count). The van der Waals surface area contributed by atoms with Crippen LogP contribution in [0, 0.1) is 18.6 Å². The molecule has 1 heterocycles. The summed E-state index contributed by atoms with van der Waals surface area (Å²) in [6, 6.07) is 10.1. The predicted molar refractivity (Wildman–Crippen MR) is 86.5 cm³/mol. The highest BCUT2D eigenvalue weighted by Gasteiger charge is 2.09. The minimum Gasteiger partial charge on any atom is -0.305 e. The molecule has 6 heteroatoms. The predicted octanol–water partition coefficient (Wildman–Crippen LogP) is 2.63. The first-order valence-corrected chi connectivity index (χ1v) is 7.29. The SMILES string of the molecule is Cc1ccc(-n2ccn(Cc3cccc(F)c3)c(=O)c2=O)cc1F. The van der Waals surface area contributed by atoms with Crippen molar-refractivity contribution in [3.8, 4) is 5.69 Å². The van der Waals surface area contributed by atoms with Crippen molar-refractivity contribution >= 4 is 0 Å². The highest BCUT2D eigenvalue weighted by atomic mass is 19.1. The van der Waals surface area contributed by atoms with Crippen LogP contribution in [0.25, 0.3) is 5.69 Å². The fourth-order valence-corrected chi connectivity index (χ4v) is 2.40. The van der Waals surface area contributed by atoms with Gasteiger partial charge in [0, 0.05) is 12.4 Å². The average Bonchev–Trinajstić information content (AvgIpc) is 2.55. The molecule has 0 bridgehead atoms. The molecule has 0 N–H and O–H groups in total. The van der Waals surface area contributed by atoms with Gasteiger partial charge in [-0.15, -0.1) is 0 Å². The van der Waals surface area contributed by atoms with E-state index in [9.17, 15) is 18.4 Å². The maximum absolute atomic E-state index is 13.7. The summed E-state index contributed by atoms with van der Waals surface area (Å²) >= 11 is 0. The van der Waals surface area contributed by atoms with Crippen LogP contribution < -0.4 is 11.1 Å².